The van der Waals surface area contributed by atoms with Crippen molar-refractivity contribution < 1.29 is 19.1 Å². The van der Waals surface area contributed by atoms with Gasteiger partial charge in [-0.1, -0.05) is 0 Å². The van der Waals surface area contributed by atoms with E-state index < -0.39 is 12.0 Å². The van der Waals surface area contributed by atoms with Crippen molar-refractivity contribution in [3.05, 3.63) is 24.2 Å². The Morgan fingerprint density at radius 1 is 1.75 bits per heavy atom. The number of carbonyl (C=O) groups is 2. The van der Waals surface area contributed by atoms with Crippen LogP contribution >= 0.6 is 0 Å². The Morgan fingerprint density at radius 2 is 2.50 bits per heavy atom. The molecule has 0 aromatic carbocycles. The van der Waals surface area contributed by atoms with Crippen molar-refractivity contribution in [2.24, 2.45) is 0 Å². The highest BCUT2D eigenvalue weighted by Crippen LogP contribution is 2.12. The quantitative estimate of drug-likeness (QED) is 0.629. The van der Waals surface area contributed by atoms with E-state index in [0.29, 0.717) is 6.41 Å². The molecule has 5 heteroatoms. The van der Waals surface area contributed by atoms with E-state index in [0.717, 1.165) is 0 Å². The summed E-state index contributed by atoms with van der Waals surface area (Å²) in [7, 11) is 0. The number of rotatable bonds is 4. The summed E-state index contributed by atoms with van der Waals surface area (Å²) in [5.41, 5.74) is 0. The summed E-state index contributed by atoms with van der Waals surface area (Å²) in [6.45, 7) is 0. The predicted octanol–water partition coefficient (Wildman–Crippen LogP) is 0.151. The molecule has 12 heavy (non-hydrogen) atoms. The van der Waals surface area contributed by atoms with Crippen LogP contribution in [0.1, 0.15) is 11.8 Å². The van der Waals surface area contributed by atoms with Crippen LogP contribution in [-0.4, -0.2) is 17.5 Å². The van der Waals surface area contributed by atoms with Gasteiger partial charge in [-0.2, -0.15) is 0 Å². The van der Waals surface area contributed by atoms with Gasteiger partial charge < -0.3 is 14.8 Å². The van der Waals surface area contributed by atoms with E-state index >= 15 is 0 Å². The number of aliphatic carboxylic acids is 1. The van der Waals surface area contributed by atoms with Crippen LogP contribution in [0.25, 0.3) is 0 Å². The van der Waals surface area contributed by atoms with Crippen LogP contribution in [0.3, 0.4) is 0 Å². The zero-order chi connectivity index (χ0) is 8.97. The molecule has 0 aliphatic heterocycles. The molecule has 1 atom stereocenters. The monoisotopic (exact) mass is 169 g/mol. The minimum absolute atomic E-state index is 0.203. The first-order valence-electron chi connectivity index (χ1n) is 3.21. The first-order chi connectivity index (χ1) is 5.75. The summed E-state index contributed by atoms with van der Waals surface area (Å²) in [6.07, 6.45) is 1.67. The third kappa shape index (κ3) is 1.63. The Balaban J connectivity index is 2.80. The number of carboxylic acids is 1. The van der Waals surface area contributed by atoms with Gasteiger partial charge in [0.15, 0.2) is 6.04 Å². The second kappa shape index (κ2) is 3.56. The molecule has 0 aliphatic rings. The van der Waals surface area contributed by atoms with Crippen molar-refractivity contribution in [1.29, 1.82) is 0 Å². The number of hydrogen-bond acceptors (Lipinski definition) is 3. The summed E-state index contributed by atoms with van der Waals surface area (Å²) in [5, 5.41) is 10.7. The average Bonchev–Trinajstić information content (AvgIpc) is 2.51. The number of furan rings is 1. The van der Waals surface area contributed by atoms with Gasteiger partial charge in [0, 0.05) is 0 Å². The van der Waals surface area contributed by atoms with Crippen molar-refractivity contribution in [1.82, 2.24) is 5.32 Å². The zero-order valence-corrected chi connectivity index (χ0v) is 6.06. The molecule has 0 aliphatic carbocycles. The molecule has 1 aromatic heterocycles. The lowest BCUT2D eigenvalue weighted by Crippen LogP contribution is -2.26. The zero-order valence-electron chi connectivity index (χ0n) is 6.06. The molecule has 1 heterocycles. The lowest BCUT2D eigenvalue weighted by atomic mass is 10.2. The van der Waals surface area contributed by atoms with Gasteiger partial charge in [-0.15, -0.1) is 0 Å². The number of nitrogens with one attached hydrogen (secondary N) is 1. The number of amides is 1. The molecule has 2 N–H and O–H groups in total. The van der Waals surface area contributed by atoms with Gasteiger partial charge in [-0.05, 0) is 12.1 Å². The Kier molecular flexibility index (Phi) is 2.47. The van der Waals surface area contributed by atoms with Crippen LogP contribution < -0.4 is 5.32 Å². The standard InChI is InChI=1S/C7H7NO4/c9-4-8-6(7(10)11)5-2-1-3-12-5/h1-4,6H,(H,8,9)(H,10,11). The van der Waals surface area contributed by atoms with Gasteiger partial charge >= 0.3 is 5.97 Å². The molecular formula is C7H7NO4. The fraction of sp³-hybridized carbons (Fsp3) is 0.143. The Morgan fingerprint density at radius 3 is 2.92 bits per heavy atom. The smallest absolute Gasteiger partial charge is 0.334 e. The summed E-state index contributed by atoms with van der Waals surface area (Å²) in [4.78, 5) is 20.5. The Hall–Kier alpha value is -1.78. The maximum Gasteiger partial charge on any atom is 0.334 e. The van der Waals surface area contributed by atoms with Crippen LogP contribution in [0.4, 0.5) is 0 Å². The van der Waals surface area contributed by atoms with Crippen LogP contribution in [0, 0.1) is 0 Å². The fourth-order valence-electron chi connectivity index (χ4n) is 0.799. The van der Waals surface area contributed by atoms with Gasteiger partial charge in [0.2, 0.25) is 6.41 Å². The van der Waals surface area contributed by atoms with Gasteiger partial charge in [-0.25, -0.2) is 4.79 Å². The number of carbonyl (C=O) groups excluding carboxylic acids is 1. The summed E-state index contributed by atoms with van der Waals surface area (Å²) < 4.78 is 4.81. The topological polar surface area (TPSA) is 79.5 Å². The molecule has 1 rings (SSSR count). The predicted molar refractivity (Wildman–Crippen MR) is 38.3 cm³/mol. The minimum Gasteiger partial charge on any atom is -0.479 e. The van der Waals surface area contributed by atoms with E-state index in [1.54, 1.807) is 6.07 Å². The minimum atomic E-state index is -1.16. The van der Waals surface area contributed by atoms with Crippen LogP contribution in [0.15, 0.2) is 22.8 Å². The van der Waals surface area contributed by atoms with Crippen molar-refractivity contribution in [2.45, 2.75) is 6.04 Å². The maximum atomic E-state index is 10.5. The first kappa shape index (κ1) is 8.32. The molecule has 0 saturated heterocycles. The summed E-state index contributed by atoms with van der Waals surface area (Å²) in [6, 6.07) is 1.94. The molecular weight excluding hydrogens is 162 g/mol. The fourth-order valence-corrected chi connectivity index (χ4v) is 0.799. The Labute approximate surface area is 68.0 Å². The van der Waals surface area contributed by atoms with Gasteiger partial charge in [0.05, 0.1) is 6.26 Å². The SMILES string of the molecule is O=CNC(C(=O)O)c1ccco1. The van der Waals surface area contributed by atoms with E-state index in [9.17, 15) is 9.59 Å². The average molecular weight is 169 g/mol. The normalized spacial score (nSPS) is 12.0. The van der Waals surface area contributed by atoms with Crippen LogP contribution in [-0.2, 0) is 9.59 Å². The molecule has 5 nitrogen and oxygen atoms in total. The third-order valence-corrected chi connectivity index (χ3v) is 1.31. The van der Waals surface area contributed by atoms with Crippen LogP contribution in [0.5, 0.6) is 0 Å². The molecule has 0 bridgehead atoms. The number of hydrogen-bond donors (Lipinski definition) is 2. The van der Waals surface area contributed by atoms with Gasteiger partial charge in [0.25, 0.3) is 0 Å². The van der Waals surface area contributed by atoms with E-state index in [4.69, 9.17) is 9.52 Å². The van der Waals surface area contributed by atoms with E-state index in [-0.39, 0.29) is 5.76 Å². The molecule has 64 valence electrons. The molecule has 0 saturated carbocycles. The van der Waals surface area contributed by atoms with E-state index in [1.807, 2.05) is 0 Å². The third-order valence-electron chi connectivity index (χ3n) is 1.31. The lowest BCUT2D eigenvalue weighted by molar-refractivity contribution is -0.141. The van der Waals surface area contributed by atoms with E-state index in [2.05, 4.69) is 5.32 Å². The highest BCUT2D eigenvalue weighted by molar-refractivity contribution is 5.77. The van der Waals surface area contributed by atoms with Crippen LogP contribution in [0.2, 0.25) is 0 Å². The van der Waals surface area contributed by atoms with E-state index in [1.165, 1.54) is 12.3 Å². The Bertz CT molecular complexity index is 267. The van der Waals surface area contributed by atoms with Crippen molar-refractivity contribution in [3.8, 4) is 0 Å². The molecule has 0 fully saturated rings. The highest BCUT2D eigenvalue weighted by atomic mass is 16.4. The summed E-state index contributed by atoms with van der Waals surface area (Å²) >= 11 is 0. The van der Waals surface area contributed by atoms with Crippen molar-refractivity contribution in [3.63, 3.8) is 0 Å². The molecule has 0 radical (unpaired) electrons. The lowest BCUT2D eigenvalue weighted by Gasteiger charge is -2.06. The van der Waals surface area contributed by atoms with Gasteiger partial charge in [0.1, 0.15) is 5.76 Å². The second-order valence-electron chi connectivity index (χ2n) is 2.07. The van der Waals surface area contributed by atoms with Crippen molar-refractivity contribution >= 4 is 12.4 Å². The second-order valence-corrected chi connectivity index (χ2v) is 2.07. The molecule has 1 unspecified atom stereocenters. The summed E-state index contributed by atoms with van der Waals surface area (Å²) in [5.74, 6) is -0.952. The van der Waals surface area contributed by atoms with Gasteiger partial charge in [-0.3, -0.25) is 4.79 Å². The molecule has 1 amide bonds. The number of carboxylic acid groups (broad SMARTS) is 1. The maximum absolute atomic E-state index is 10.5. The molecule has 0 spiro atoms. The van der Waals surface area contributed by atoms with Crippen molar-refractivity contribution in [2.75, 3.05) is 0 Å². The largest absolute Gasteiger partial charge is 0.479 e. The molecule has 1 aromatic rings. The first-order valence-corrected chi connectivity index (χ1v) is 3.21. The highest BCUT2D eigenvalue weighted by Gasteiger charge is 2.20.